The Kier molecular flexibility index (Phi) is 3.28. The molecule has 20 heavy (non-hydrogen) atoms. The fraction of sp³-hybridized carbons (Fsp3) is 0.471. The highest BCUT2D eigenvalue weighted by atomic mass is 15.0. The number of hydrogen-bond acceptors (Lipinski definition) is 3. The van der Waals surface area contributed by atoms with Crippen molar-refractivity contribution in [2.24, 2.45) is 5.41 Å². The van der Waals surface area contributed by atoms with Gasteiger partial charge in [0.25, 0.3) is 0 Å². The van der Waals surface area contributed by atoms with Crippen molar-refractivity contribution in [2.45, 2.75) is 45.6 Å². The Morgan fingerprint density at radius 1 is 1.25 bits per heavy atom. The van der Waals surface area contributed by atoms with Crippen LogP contribution in [0.4, 0.5) is 11.5 Å². The predicted molar refractivity (Wildman–Crippen MR) is 85.8 cm³/mol. The lowest BCUT2D eigenvalue weighted by atomic mass is 9.75. The normalized spacial score (nSPS) is 21.8. The van der Waals surface area contributed by atoms with E-state index in [1.165, 1.54) is 25.7 Å². The summed E-state index contributed by atoms with van der Waals surface area (Å²) >= 11 is 0. The first-order chi connectivity index (χ1) is 9.52. The molecule has 0 saturated heterocycles. The van der Waals surface area contributed by atoms with E-state index in [4.69, 9.17) is 10.7 Å². The minimum Gasteiger partial charge on any atom is -0.399 e. The molecule has 3 rings (SSSR count). The summed E-state index contributed by atoms with van der Waals surface area (Å²) in [4.78, 5) is 4.69. The molecular formula is C17H23N3. The predicted octanol–water partition coefficient (Wildman–Crippen LogP) is 4.20. The number of benzene rings is 1. The maximum atomic E-state index is 5.80. The van der Waals surface area contributed by atoms with Crippen molar-refractivity contribution in [3.63, 3.8) is 0 Å². The molecule has 1 aromatic carbocycles. The van der Waals surface area contributed by atoms with E-state index in [9.17, 15) is 0 Å². The van der Waals surface area contributed by atoms with Gasteiger partial charge in [-0.15, -0.1) is 0 Å². The highest BCUT2D eigenvalue weighted by Gasteiger charge is 2.27. The third-order valence-electron chi connectivity index (χ3n) is 4.27. The van der Waals surface area contributed by atoms with Crippen LogP contribution >= 0.6 is 0 Å². The first kappa shape index (κ1) is 13.2. The van der Waals surface area contributed by atoms with Crippen molar-refractivity contribution in [3.8, 4) is 0 Å². The highest BCUT2D eigenvalue weighted by molar-refractivity contribution is 5.83. The van der Waals surface area contributed by atoms with Gasteiger partial charge in [0.15, 0.2) is 0 Å². The molecule has 1 aromatic heterocycles. The third kappa shape index (κ3) is 2.87. The molecule has 0 amide bonds. The van der Waals surface area contributed by atoms with E-state index in [1.54, 1.807) is 0 Å². The maximum absolute atomic E-state index is 5.80. The molecule has 0 bridgehead atoms. The zero-order valence-electron chi connectivity index (χ0n) is 12.3. The number of aromatic nitrogens is 1. The summed E-state index contributed by atoms with van der Waals surface area (Å²) in [5, 5.41) is 4.70. The Morgan fingerprint density at radius 3 is 2.90 bits per heavy atom. The van der Waals surface area contributed by atoms with Crippen LogP contribution in [0.25, 0.3) is 10.9 Å². The van der Waals surface area contributed by atoms with Gasteiger partial charge in [0.05, 0.1) is 5.52 Å². The van der Waals surface area contributed by atoms with Gasteiger partial charge < -0.3 is 11.1 Å². The van der Waals surface area contributed by atoms with Crippen LogP contribution in [-0.2, 0) is 0 Å². The molecular weight excluding hydrogens is 246 g/mol. The van der Waals surface area contributed by atoms with Gasteiger partial charge in [-0.05, 0) is 55.0 Å². The molecule has 3 N–H and O–H groups in total. The van der Waals surface area contributed by atoms with Gasteiger partial charge in [0.1, 0.15) is 5.82 Å². The van der Waals surface area contributed by atoms with Crippen LogP contribution in [0.15, 0.2) is 30.3 Å². The summed E-state index contributed by atoms with van der Waals surface area (Å²) < 4.78 is 0. The van der Waals surface area contributed by atoms with Crippen molar-refractivity contribution in [1.82, 2.24) is 4.98 Å². The molecule has 1 saturated carbocycles. The number of rotatable bonds is 2. The van der Waals surface area contributed by atoms with E-state index >= 15 is 0 Å². The smallest absolute Gasteiger partial charge is 0.126 e. The summed E-state index contributed by atoms with van der Waals surface area (Å²) in [5.41, 5.74) is 8.03. The van der Waals surface area contributed by atoms with Crippen LogP contribution in [-0.4, -0.2) is 11.0 Å². The Hall–Kier alpha value is -1.77. The summed E-state index contributed by atoms with van der Waals surface area (Å²) in [7, 11) is 0. The zero-order chi connectivity index (χ0) is 14.2. The standard InChI is InChI=1S/C17H23N3/c1-17(2)9-3-4-14(11-17)19-16-8-5-12-10-13(18)6-7-15(12)20-16/h5-8,10,14H,3-4,9,11,18H2,1-2H3,(H,19,20). The summed E-state index contributed by atoms with van der Waals surface area (Å²) in [6.07, 6.45) is 5.09. The molecule has 0 spiro atoms. The van der Waals surface area contributed by atoms with Crippen molar-refractivity contribution in [2.75, 3.05) is 11.1 Å². The molecule has 0 aliphatic heterocycles. The second kappa shape index (κ2) is 4.97. The lowest BCUT2D eigenvalue weighted by Crippen LogP contribution is -2.31. The van der Waals surface area contributed by atoms with Gasteiger partial charge in [-0.3, -0.25) is 0 Å². The average Bonchev–Trinajstić information content (AvgIpc) is 2.38. The van der Waals surface area contributed by atoms with Gasteiger partial charge in [-0.25, -0.2) is 4.98 Å². The number of fused-ring (bicyclic) bond motifs is 1. The highest BCUT2D eigenvalue weighted by Crippen LogP contribution is 2.36. The molecule has 0 radical (unpaired) electrons. The number of hydrogen-bond donors (Lipinski definition) is 2. The van der Waals surface area contributed by atoms with Crippen LogP contribution in [0.5, 0.6) is 0 Å². The fourth-order valence-corrected chi connectivity index (χ4v) is 3.25. The van der Waals surface area contributed by atoms with Gasteiger partial charge in [-0.2, -0.15) is 0 Å². The summed E-state index contributed by atoms with van der Waals surface area (Å²) in [5.74, 6) is 0.977. The lowest BCUT2D eigenvalue weighted by molar-refractivity contribution is 0.229. The van der Waals surface area contributed by atoms with Crippen molar-refractivity contribution >= 4 is 22.4 Å². The Bertz CT molecular complexity index is 619. The Balaban J connectivity index is 1.79. The maximum Gasteiger partial charge on any atom is 0.126 e. The van der Waals surface area contributed by atoms with Gasteiger partial charge >= 0.3 is 0 Å². The van der Waals surface area contributed by atoms with Crippen molar-refractivity contribution < 1.29 is 0 Å². The second-order valence-electron chi connectivity index (χ2n) is 6.75. The van der Waals surface area contributed by atoms with E-state index in [1.807, 2.05) is 18.2 Å². The monoisotopic (exact) mass is 269 g/mol. The molecule has 106 valence electrons. The van der Waals surface area contributed by atoms with E-state index in [-0.39, 0.29) is 0 Å². The van der Waals surface area contributed by atoms with Crippen molar-refractivity contribution in [3.05, 3.63) is 30.3 Å². The molecule has 1 fully saturated rings. The molecule has 1 heterocycles. The fourth-order valence-electron chi connectivity index (χ4n) is 3.25. The van der Waals surface area contributed by atoms with Crippen LogP contribution in [0.2, 0.25) is 0 Å². The quantitative estimate of drug-likeness (QED) is 0.803. The topological polar surface area (TPSA) is 50.9 Å². The molecule has 3 nitrogen and oxygen atoms in total. The number of nitrogens with one attached hydrogen (secondary N) is 1. The summed E-state index contributed by atoms with van der Waals surface area (Å²) in [6.45, 7) is 4.72. The summed E-state index contributed by atoms with van der Waals surface area (Å²) in [6, 6.07) is 10.6. The van der Waals surface area contributed by atoms with Crippen LogP contribution < -0.4 is 11.1 Å². The largest absolute Gasteiger partial charge is 0.399 e. The number of nitrogens with zero attached hydrogens (tertiary/aromatic N) is 1. The molecule has 1 unspecified atom stereocenters. The van der Waals surface area contributed by atoms with Gasteiger partial charge in [-0.1, -0.05) is 20.3 Å². The van der Waals surface area contributed by atoms with E-state index < -0.39 is 0 Å². The van der Waals surface area contributed by atoms with Gasteiger partial charge in [0.2, 0.25) is 0 Å². The van der Waals surface area contributed by atoms with Crippen LogP contribution in [0.3, 0.4) is 0 Å². The number of pyridine rings is 1. The third-order valence-corrected chi connectivity index (χ3v) is 4.27. The first-order valence-electron chi connectivity index (χ1n) is 7.45. The van der Waals surface area contributed by atoms with E-state index in [0.717, 1.165) is 22.4 Å². The van der Waals surface area contributed by atoms with Crippen molar-refractivity contribution in [1.29, 1.82) is 0 Å². The average molecular weight is 269 g/mol. The van der Waals surface area contributed by atoms with E-state index in [2.05, 4.69) is 31.3 Å². The minimum absolute atomic E-state index is 0.446. The molecule has 3 heteroatoms. The Morgan fingerprint density at radius 2 is 2.10 bits per heavy atom. The molecule has 1 atom stereocenters. The van der Waals surface area contributed by atoms with Crippen LogP contribution in [0.1, 0.15) is 39.5 Å². The number of nitrogens with two attached hydrogens (primary N) is 1. The lowest BCUT2D eigenvalue weighted by Gasteiger charge is -2.35. The minimum atomic E-state index is 0.446. The second-order valence-corrected chi connectivity index (χ2v) is 6.75. The number of anilines is 2. The Labute approximate surface area is 120 Å². The first-order valence-corrected chi connectivity index (χ1v) is 7.45. The van der Waals surface area contributed by atoms with Gasteiger partial charge in [0, 0.05) is 17.1 Å². The molecule has 1 aliphatic carbocycles. The molecule has 2 aromatic rings. The SMILES string of the molecule is CC1(C)CCCC(Nc2ccc3cc(N)ccc3n2)C1. The molecule has 1 aliphatic rings. The number of nitrogen functional groups attached to an aromatic ring is 1. The van der Waals surface area contributed by atoms with E-state index in [0.29, 0.717) is 11.5 Å². The zero-order valence-corrected chi connectivity index (χ0v) is 12.3. The van der Waals surface area contributed by atoms with Crippen LogP contribution in [0, 0.1) is 5.41 Å².